The van der Waals surface area contributed by atoms with Crippen LogP contribution in [-0.2, 0) is 4.74 Å². The maximum atomic E-state index is 10.1. The average molecular weight is 222 g/mol. The molecule has 1 N–H and O–H groups in total. The highest BCUT2D eigenvalue weighted by atomic mass is 16.5. The van der Waals surface area contributed by atoms with E-state index in [0.717, 1.165) is 38.2 Å². The Hall–Kier alpha value is -1.00. The van der Waals surface area contributed by atoms with E-state index in [4.69, 9.17) is 4.74 Å². The van der Waals surface area contributed by atoms with Crippen molar-refractivity contribution in [1.82, 2.24) is 9.97 Å². The summed E-state index contributed by atoms with van der Waals surface area (Å²) in [4.78, 5) is 8.27. The van der Waals surface area contributed by atoms with Gasteiger partial charge in [-0.25, -0.2) is 9.97 Å². The van der Waals surface area contributed by atoms with Gasteiger partial charge in [-0.3, -0.25) is 0 Å². The van der Waals surface area contributed by atoms with Crippen LogP contribution in [0.15, 0.2) is 12.3 Å². The Morgan fingerprint density at radius 2 is 2.25 bits per heavy atom. The Morgan fingerprint density at radius 3 is 2.94 bits per heavy atom. The van der Waals surface area contributed by atoms with Gasteiger partial charge in [0, 0.05) is 19.4 Å². The second-order valence-corrected chi connectivity index (χ2v) is 4.34. The third kappa shape index (κ3) is 3.00. The van der Waals surface area contributed by atoms with E-state index in [1.54, 1.807) is 12.3 Å². The van der Waals surface area contributed by atoms with E-state index in [-0.39, 0.29) is 0 Å². The maximum Gasteiger partial charge on any atom is 0.125 e. The molecule has 1 aromatic rings. The van der Waals surface area contributed by atoms with Gasteiger partial charge in [0.1, 0.15) is 5.82 Å². The molecule has 0 bridgehead atoms. The van der Waals surface area contributed by atoms with Crippen molar-refractivity contribution in [3.05, 3.63) is 23.8 Å². The number of aliphatic hydroxyl groups is 1. The first-order valence-corrected chi connectivity index (χ1v) is 5.81. The number of nitrogens with zero attached hydrogens (tertiary/aromatic N) is 2. The third-order valence-corrected chi connectivity index (χ3v) is 3.04. The van der Waals surface area contributed by atoms with Gasteiger partial charge >= 0.3 is 0 Å². The predicted molar refractivity (Wildman–Crippen MR) is 59.9 cm³/mol. The van der Waals surface area contributed by atoms with E-state index in [1.165, 1.54) is 0 Å². The smallest absolute Gasteiger partial charge is 0.125 e. The van der Waals surface area contributed by atoms with E-state index < -0.39 is 6.10 Å². The van der Waals surface area contributed by atoms with Crippen LogP contribution in [0, 0.1) is 12.8 Å². The van der Waals surface area contributed by atoms with E-state index in [9.17, 15) is 5.11 Å². The molecule has 1 aromatic heterocycles. The van der Waals surface area contributed by atoms with Gasteiger partial charge in [0.2, 0.25) is 0 Å². The summed E-state index contributed by atoms with van der Waals surface area (Å²) in [5, 5.41) is 10.1. The lowest BCUT2D eigenvalue weighted by Gasteiger charge is -2.24. The van der Waals surface area contributed by atoms with E-state index in [1.807, 2.05) is 6.92 Å². The van der Waals surface area contributed by atoms with Gasteiger partial charge in [0.05, 0.1) is 11.8 Å². The quantitative estimate of drug-likeness (QED) is 0.844. The first-order chi connectivity index (χ1) is 7.75. The minimum Gasteiger partial charge on any atom is -0.387 e. The highest BCUT2D eigenvalue weighted by Crippen LogP contribution is 2.26. The number of ether oxygens (including phenoxy) is 1. The second kappa shape index (κ2) is 5.37. The number of aliphatic hydroxyl groups excluding tert-OH is 1. The van der Waals surface area contributed by atoms with Gasteiger partial charge in [-0.1, -0.05) is 0 Å². The fourth-order valence-corrected chi connectivity index (χ4v) is 2.08. The molecular weight excluding hydrogens is 204 g/mol. The fourth-order valence-electron chi connectivity index (χ4n) is 2.08. The summed E-state index contributed by atoms with van der Waals surface area (Å²) in [7, 11) is 0. The van der Waals surface area contributed by atoms with Crippen LogP contribution in [0.3, 0.4) is 0 Å². The molecule has 0 aliphatic carbocycles. The molecule has 0 spiro atoms. The molecule has 1 aliphatic rings. The molecule has 0 aromatic carbocycles. The molecule has 1 fully saturated rings. The van der Waals surface area contributed by atoms with Gasteiger partial charge in [0.15, 0.2) is 0 Å². The number of rotatable bonds is 3. The van der Waals surface area contributed by atoms with Crippen molar-refractivity contribution in [2.24, 2.45) is 5.92 Å². The molecule has 0 saturated carbocycles. The highest BCUT2D eigenvalue weighted by Gasteiger charge is 2.19. The van der Waals surface area contributed by atoms with Crippen molar-refractivity contribution < 1.29 is 9.84 Å². The normalized spacial score (nSPS) is 19.6. The van der Waals surface area contributed by atoms with Crippen LogP contribution in [0.1, 0.15) is 36.9 Å². The minimum atomic E-state index is -0.468. The molecule has 16 heavy (non-hydrogen) atoms. The molecule has 1 aliphatic heterocycles. The number of hydrogen-bond donors (Lipinski definition) is 1. The van der Waals surface area contributed by atoms with Crippen LogP contribution < -0.4 is 0 Å². The van der Waals surface area contributed by atoms with Gasteiger partial charge in [-0.15, -0.1) is 0 Å². The topological polar surface area (TPSA) is 55.2 Å². The van der Waals surface area contributed by atoms with Crippen LogP contribution in [0.5, 0.6) is 0 Å². The summed E-state index contributed by atoms with van der Waals surface area (Å²) in [5.74, 6) is 1.27. The largest absolute Gasteiger partial charge is 0.387 e. The molecule has 4 heteroatoms. The summed E-state index contributed by atoms with van der Waals surface area (Å²) in [6.07, 6.45) is 4.09. The Morgan fingerprint density at radius 1 is 1.50 bits per heavy atom. The predicted octanol–water partition coefficient (Wildman–Crippen LogP) is 1.64. The van der Waals surface area contributed by atoms with Crippen molar-refractivity contribution in [2.75, 3.05) is 13.2 Å². The number of aryl methyl sites for hydroxylation is 1. The zero-order chi connectivity index (χ0) is 11.4. The Labute approximate surface area is 95.7 Å². The maximum absolute atomic E-state index is 10.1. The standard InChI is InChI=1S/C12H18N2O2/c1-9-13-5-2-11(14-9)12(15)8-10-3-6-16-7-4-10/h2,5,10,12,15H,3-4,6-8H2,1H3. The Kier molecular flexibility index (Phi) is 3.85. The molecule has 2 heterocycles. The molecule has 1 unspecified atom stereocenters. The van der Waals surface area contributed by atoms with Crippen molar-refractivity contribution >= 4 is 0 Å². The molecule has 0 radical (unpaired) electrons. The summed E-state index contributed by atoms with van der Waals surface area (Å²) in [6, 6.07) is 1.79. The van der Waals surface area contributed by atoms with E-state index in [0.29, 0.717) is 11.7 Å². The summed E-state index contributed by atoms with van der Waals surface area (Å²) >= 11 is 0. The molecular formula is C12H18N2O2. The number of aromatic nitrogens is 2. The van der Waals surface area contributed by atoms with Gasteiger partial charge in [-0.05, 0) is 38.2 Å². The Bertz CT molecular complexity index is 338. The Balaban J connectivity index is 1.94. The van der Waals surface area contributed by atoms with Crippen molar-refractivity contribution in [2.45, 2.75) is 32.3 Å². The van der Waals surface area contributed by atoms with E-state index >= 15 is 0 Å². The van der Waals surface area contributed by atoms with Gasteiger partial charge < -0.3 is 9.84 Å². The van der Waals surface area contributed by atoms with Crippen LogP contribution in [0.25, 0.3) is 0 Å². The summed E-state index contributed by atoms with van der Waals surface area (Å²) in [6.45, 7) is 3.48. The zero-order valence-corrected chi connectivity index (χ0v) is 9.59. The third-order valence-electron chi connectivity index (χ3n) is 3.04. The average Bonchev–Trinajstić information content (AvgIpc) is 2.30. The van der Waals surface area contributed by atoms with Crippen LogP contribution >= 0.6 is 0 Å². The lowest BCUT2D eigenvalue weighted by atomic mass is 9.92. The zero-order valence-electron chi connectivity index (χ0n) is 9.59. The SMILES string of the molecule is Cc1nccc(C(O)CC2CCOCC2)n1. The summed E-state index contributed by atoms with van der Waals surface area (Å²) in [5.41, 5.74) is 0.735. The molecule has 1 saturated heterocycles. The van der Waals surface area contributed by atoms with Gasteiger partial charge in [-0.2, -0.15) is 0 Å². The van der Waals surface area contributed by atoms with Crippen LogP contribution in [-0.4, -0.2) is 28.3 Å². The highest BCUT2D eigenvalue weighted by molar-refractivity contribution is 5.05. The first-order valence-electron chi connectivity index (χ1n) is 5.81. The second-order valence-electron chi connectivity index (χ2n) is 4.34. The van der Waals surface area contributed by atoms with Crippen LogP contribution in [0.4, 0.5) is 0 Å². The van der Waals surface area contributed by atoms with E-state index in [2.05, 4.69) is 9.97 Å². The lowest BCUT2D eigenvalue weighted by molar-refractivity contribution is 0.0426. The monoisotopic (exact) mass is 222 g/mol. The molecule has 88 valence electrons. The van der Waals surface area contributed by atoms with Crippen molar-refractivity contribution in [3.8, 4) is 0 Å². The summed E-state index contributed by atoms with van der Waals surface area (Å²) < 4.78 is 5.30. The molecule has 1 atom stereocenters. The first kappa shape index (κ1) is 11.5. The number of hydrogen-bond acceptors (Lipinski definition) is 4. The molecule has 2 rings (SSSR count). The van der Waals surface area contributed by atoms with Crippen molar-refractivity contribution in [1.29, 1.82) is 0 Å². The van der Waals surface area contributed by atoms with Gasteiger partial charge in [0.25, 0.3) is 0 Å². The van der Waals surface area contributed by atoms with Crippen molar-refractivity contribution in [3.63, 3.8) is 0 Å². The van der Waals surface area contributed by atoms with Crippen LogP contribution in [0.2, 0.25) is 0 Å². The molecule has 4 nitrogen and oxygen atoms in total. The molecule has 0 amide bonds. The fraction of sp³-hybridized carbons (Fsp3) is 0.667. The lowest BCUT2D eigenvalue weighted by Crippen LogP contribution is -2.18. The minimum absolute atomic E-state index is 0.468.